The molecule has 3 aromatic rings. The zero-order valence-electron chi connectivity index (χ0n) is 18.8. The third-order valence-electron chi connectivity index (χ3n) is 4.29. The Balaban J connectivity index is 1.70. The Hall–Kier alpha value is -3.10. The quantitative estimate of drug-likeness (QED) is 0.429. The van der Waals surface area contributed by atoms with E-state index in [1.807, 2.05) is 32.9 Å². The number of thioether (sulfide) groups is 1. The van der Waals surface area contributed by atoms with Gasteiger partial charge in [0.05, 0.1) is 5.56 Å². The first-order valence-electron chi connectivity index (χ1n) is 10.2. The van der Waals surface area contributed by atoms with Gasteiger partial charge in [-0.1, -0.05) is 17.7 Å². The summed E-state index contributed by atoms with van der Waals surface area (Å²) in [5.41, 5.74) is 1.39. The molecule has 9 heteroatoms. The predicted molar refractivity (Wildman–Crippen MR) is 132 cm³/mol. The normalized spacial score (nSPS) is 11.1. The molecule has 2 aromatic heterocycles. The molecular formula is C24H25ClN4O3S. The van der Waals surface area contributed by atoms with Crippen molar-refractivity contribution in [2.75, 3.05) is 17.3 Å². The summed E-state index contributed by atoms with van der Waals surface area (Å²) in [6, 6.07) is 14.1. The Labute approximate surface area is 202 Å². The largest absolute Gasteiger partial charge is 0.443 e. The summed E-state index contributed by atoms with van der Waals surface area (Å²) >= 11 is 7.42. The van der Waals surface area contributed by atoms with E-state index in [1.165, 1.54) is 16.7 Å². The molecule has 7 nitrogen and oxygen atoms in total. The van der Waals surface area contributed by atoms with E-state index in [0.29, 0.717) is 32.9 Å². The number of rotatable bonds is 6. The fourth-order valence-corrected chi connectivity index (χ4v) is 3.88. The number of halogens is 1. The molecular weight excluding hydrogens is 460 g/mol. The van der Waals surface area contributed by atoms with Gasteiger partial charge in [-0.05, 0) is 68.8 Å². The minimum absolute atomic E-state index is 0.270. The summed E-state index contributed by atoms with van der Waals surface area (Å²) in [5, 5.41) is 3.98. The number of hydrogen-bond acceptors (Lipinski definition) is 6. The fraction of sp³-hybridized carbons (Fsp3) is 0.250. The number of hydrogen-bond donors (Lipinski definition) is 1. The molecule has 0 unspecified atom stereocenters. The van der Waals surface area contributed by atoms with Crippen LogP contribution in [-0.4, -0.2) is 34.6 Å². The summed E-state index contributed by atoms with van der Waals surface area (Å²) < 4.78 is 5.40. The molecule has 0 aliphatic carbocycles. The Morgan fingerprint density at radius 2 is 1.88 bits per heavy atom. The summed E-state index contributed by atoms with van der Waals surface area (Å²) in [7, 11) is 1.62. The van der Waals surface area contributed by atoms with E-state index in [1.54, 1.807) is 55.8 Å². The number of anilines is 2. The molecule has 0 aliphatic heterocycles. The average Bonchev–Trinajstić information content (AvgIpc) is 2.76. The van der Waals surface area contributed by atoms with E-state index in [2.05, 4.69) is 15.3 Å². The molecule has 2 amide bonds. The number of ether oxygens (including phenoxy) is 1. The smallest absolute Gasteiger partial charge is 0.415 e. The van der Waals surface area contributed by atoms with Gasteiger partial charge in [0, 0.05) is 35.9 Å². The van der Waals surface area contributed by atoms with Crippen LogP contribution in [-0.2, 0) is 10.5 Å². The Morgan fingerprint density at radius 1 is 1.09 bits per heavy atom. The highest BCUT2D eigenvalue weighted by atomic mass is 35.5. The third kappa shape index (κ3) is 7.20. The number of carbonyl (C=O) groups excluding carboxylic acids is 2. The van der Waals surface area contributed by atoms with Crippen LogP contribution in [0.15, 0.2) is 66.0 Å². The molecule has 172 valence electrons. The monoisotopic (exact) mass is 484 g/mol. The summed E-state index contributed by atoms with van der Waals surface area (Å²) in [4.78, 5) is 35.2. The molecule has 2 heterocycles. The van der Waals surface area contributed by atoms with E-state index in [4.69, 9.17) is 16.3 Å². The molecule has 0 bridgehead atoms. The van der Waals surface area contributed by atoms with Gasteiger partial charge >= 0.3 is 6.09 Å². The molecule has 33 heavy (non-hydrogen) atoms. The van der Waals surface area contributed by atoms with Crippen LogP contribution in [0.3, 0.4) is 0 Å². The molecule has 0 atom stereocenters. The number of nitrogens with one attached hydrogen (secondary N) is 1. The van der Waals surface area contributed by atoms with Crippen molar-refractivity contribution in [3.63, 3.8) is 0 Å². The Kier molecular flexibility index (Phi) is 7.94. The molecule has 1 aromatic carbocycles. The molecule has 3 rings (SSSR count). The van der Waals surface area contributed by atoms with Crippen molar-refractivity contribution in [2.45, 2.75) is 37.2 Å². The van der Waals surface area contributed by atoms with Crippen molar-refractivity contribution in [3.8, 4) is 0 Å². The Bertz CT molecular complexity index is 1150. The molecule has 0 fully saturated rings. The van der Waals surface area contributed by atoms with E-state index in [-0.39, 0.29) is 5.91 Å². The second-order valence-corrected chi connectivity index (χ2v) is 9.57. The molecule has 1 N–H and O–H groups in total. The SMILES string of the molecule is CN(C(=O)OC(C)(C)C)c1cc(CSc2ncccc2C(=O)Nc2cccc(Cl)c2)ccn1. The van der Waals surface area contributed by atoms with Gasteiger partial charge in [-0.15, -0.1) is 11.8 Å². The van der Waals surface area contributed by atoms with Crippen LogP contribution in [0.4, 0.5) is 16.3 Å². The Morgan fingerprint density at radius 3 is 2.61 bits per heavy atom. The summed E-state index contributed by atoms with van der Waals surface area (Å²) in [6.07, 6.45) is 2.80. The van der Waals surface area contributed by atoms with Crippen molar-refractivity contribution >= 4 is 46.9 Å². The van der Waals surface area contributed by atoms with E-state index >= 15 is 0 Å². The van der Waals surface area contributed by atoms with Crippen molar-refractivity contribution in [1.82, 2.24) is 9.97 Å². The first-order chi connectivity index (χ1) is 15.6. The van der Waals surface area contributed by atoms with Gasteiger partial charge in [0.1, 0.15) is 16.4 Å². The molecule has 0 saturated carbocycles. The van der Waals surface area contributed by atoms with E-state index in [0.717, 1.165) is 5.56 Å². The molecule has 0 radical (unpaired) electrons. The number of benzene rings is 1. The van der Waals surface area contributed by atoms with Gasteiger partial charge in [-0.25, -0.2) is 14.8 Å². The van der Waals surface area contributed by atoms with Gasteiger partial charge < -0.3 is 10.1 Å². The van der Waals surface area contributed by atoms with Crippen molar-refractivity contribution in [3.05, 3.63) is 77.1 Å². The highest BCUT2D eigenvalue weighted by molar-refractivity contribution is 7.98. The van der Waals surface area contributed by atoms with Crippen LogP contribution < -0.4 is 10.2 Å². The second-order valence-electron chi connectivity index (χ2n) is 8.17. The van der Waals surface area contributed by atoms with Crippen molar-refractivity contribution < 1.29 is 14.3 Å². The van der Waals surface area contributed by atoms with Crippen LogP contribution in [0.5, 0.6) is 0 Å². The standard InChI is InChI=1S/C24H25ClN4O3S/c1-24(2,3)32-23(31)29(4)20-13-16(10-12-26-20)15-33-22-19(9-6-11-27-22)21(30)28-18-8-5-7-17(25)14-18/h5-14H,15H2,1-4H3,(H,28,30). The zero-order valence-corrected chi connectivity index (χ0v) is 20.4. The van der Waals surface area contributed by atoms with E-state index in [9.17, 15) is 9.59 Å². The molecule has 0 aliphatic rings. The summed E-state index contributed by atoms with van der Waals surface area (Å²) in [5.74, 6) is 0.738. The average molecular weight is 485 g/mol. The van der Waals surface area contributed by atoms with Crippen LogP contribution in [0.1, 0.15) is 36.7 Å². The maximum atomic E-state index is 12.8. The number of aromatic nitrogens is 2. The first kappa shape index (κ1) is 24.5. The highest BCUT2D eigenvalue weighted by Crippen LogP contribution is 2.26. The minimum atomic E-state index is -0.597. The second kappa shape index (κ2) is 10.7. The van der Waals surface area contributed by atoms with Gasteiger partial charge in [-0.3, -0.25) is 9.69 Å². The van der Waals surface area contributed by atoms with Crippen molar-refractivity contribution in [2.24, 2.45) is 0 Å². The number of amides is 2. The van der Waals surface area contributed by atoms with Gasteiger partial charge in [0.2, 0.25) is 0 Å². The number of nitrogens with zero attached hydrogens (tertiary/aromatic N) is 3. The topological polar surface area (TPSA) is 84.4 Å². The van der Waals surface area contributed by atoms with Crippen LogP contribution in [0.25, 0.3) is 0 Å². The van der Waals surface area contributed by atoms with Gasteiger partial charge in [-0.2, -0.15) is 0 Å². The molecule has 0 spiro atoms. The lowest BCUT2D eigenvalue weighted by atomic mass is 10.2. The maximum absolute atomic E-state index is 12.8. The highest BCUT2D eigenvalue weighted by Gasteiger charge is 2.21. The van der Waals surface area contributed by atoms with Crippen LogP contribution in [0.2, 0.25) is 5.02 Å². The van der Waals surface area contributed by atoms with Gasteiger partial charge in [0.25, 0.3) is 5.91 Å². The van der Waals surface area contributed by atoms with Crippen LogP contribution in [0, 0.1) is 0 Å². The van der Waals surface area contributed by atoms with Crippen molar-refractivity contribution in [1.29, 1.82) is 0 Å². The van der Waals surface area contributed by atoms with Crippen LogP contribution >= 0.6 is 23.4 Å². The lowest BCUT2D eigenvalue weighted by molar-refractivity contribution is 0.0588. The minimum Gasteiger partial charge on any atom is -0.443 e. The predicted octanol–water partition coefficient (Wildman–Crippen LogP) is 6.05. The van der Waals surface area contributed by atoms with E-state index < -0.39 is 11.7 Å². The fourth-order valence-electron chi connectivity index (χ4n) is 2.75. The maximum Gasteiger partial charge on any atom is 0.415 e. The first-order valence-corrected chi connectivity index (χ1v) is 11.5. The summed E-state index contributed by atoms with van der Waals surface area (Å²) in [6.45, 7) is 5.44. The lowest BCUT2D eigenvalue weighted by Gasteiger charge is -2.24. The zero-order chi connectivity index (χ0) is 24.0. The molecule has 0 saturated heterocycles. The number of carbonyl (C=O) groups is 2. The number of pyridine rings is 2. The lowest BCUT2D eigenvalue weighted by Crippen LogP contribution is -2.34. The van der Waals surface area contributed by atoms with Gasteiger partial charge in [0.15, 0.2) is 0 Å². The third-order valence-corrected chi connectivity index (χ3v) is 5.61.